The quantitative estimate of drug-likeness (QED) is 0.188. The number of nitrogens with one attached hydrogen (secondary N) is 2. The number of piperazine rings is 1. The Bertz CT molecular complexity index is 3320. The summed E-state index contributed by atoms with van der Waals surface area (Å²) in [6.45, 7) is 7.63. The highest BCUT2D eigenvalue weighted by atomic mass is 16.5. The smallest absolute Gasteiger partial charge is 0.276 e. The van der Waals surface area contributed by atoms with Crippen LogP contribution in [0.5, 0.6) is 5.75 Å². The maximum Gasteiger partial charge on any atom is 0.276 e. The summed E-state index contributed by atoms with van der Waals surface area (Å²) in [7, 11) is 0. The molecule has 10 heterocycles. The van der Waals surface area contributed by atoms with Crippen LogP contribution in [0.3, 0.4) is 0 Å². The minimum Gasteiger partial charge on any atom is -0.489 e. The average Bonchev–Trinajstić information content (AvgIpc) is 4.00. The summed E-state index contributed by atoms with van der Waals surface area (Å²) < 4.78 is 33.9. The Morgan fingerprint density at radius 1 is 0.889 bits per heavy atom. The van der Waals surface area contributed by atoms with Crippen LogP contribution in [0.25, 0.3) is 11.1 Å². The number of aliphatic hydroxyl groups excluding tert-OH is 1. The molecule has 5 aromatic rings. The molecule has 1 unspecified atom stereocenters. The number of carbonyl (C=O) groups excluding carboxylic acids is 5. The number of imide groups is 2. The third-order valence-corrected chi connectivity index (χ3v) is 15.9. The van der Waals surface area contributed by atoms with Gasteiger partial charge in [-0.2, -0.15) is 0 Å². The number of fused-ring (bicyclic) bond motifs is 7. The largest absolute Gasteiger partial charge is 0.489 e. The number of piperidine rings is 2. The van der Waals surface area contributed by atoms with E-state index in [9.17, 15) is 33.9 Å². The third-order valence-electron chi connectivity index (χ3n) is 15.9. The Balaban J connectivity index is 0.716. The molecule has 372 valence electrons. The Morgan fingerprint density at radius 3 is 2.49 bits per heavy atom. The Labute approximate surface area is 419 Å². The van der Waals surface area contributed by atoms with E-state index in [1.165, 1.54) is 29.7 Å². The molecule has 3 saturated heterocycles. The van der Waals surface area contributed by atoms with E-state index < -0.39 is 48.8 Å². The summed E-state index contributed by atoms with van der Waals surface area (Å²) in [6, 6.07) is 11.5. The fourth-order valence-corrected chi connectivity index (χ4v) is 12.4. The van der Waals surface area contributed by atoms with Crippen LogP contribution in [-0.4, -0.2) is 127 Å². The molecule has 0 saturated carbocycles. The zero-order valence-corrected chi connectivity index (χ0v) is 40.3. The average molecular weight is 979 g/mol. The molecule has 0 spiro atoms. The highest BCUT2D eigenvalue weighted by Gasteiger charge is 2.47. The van der Waals surface area contributed by atoms with Crippen LogP contribution in [0.2, 0.25) is 0 Å². The molecule has 12 rings (SSSR count). The lowest BCUT2D eigenvalue weighted by Gasteiger charge is -2.50. The molecule has 4 atom stereocenters. The third kappa shape index (κ3) is 7.54. The van der Waals surface area contributed by atoms with E-state index in [0.29, 0.717) is 58.2 Å². The van der Waals surface area contributed by atoms with Crippen LogP contribution in [0, 0.1) is 5.41 Å². The normalized spacial score (nSPS) is 24.4. The number of benzene rings is 1. The molecule has 0 radical (unpaired) electrons. The molecule has 6 aliphatic heterocycles. The van der Waals surface area contributed by atoms with Gasteiger partial charge < -0.3 is 34.1 Å². The van der Waals surface area contributed by atoms with Crippen molar-refractivity contribution < 1.29 is 37.9 Å². The van der Waals surface area contributed by atoms with Crippen LogP contribution in [0.4, 0.5) is 28.7 Å². The lowest BCUT2D eigenvalue weighted by Crippen LogP contribution is -2.59. The van der Waals surface area contributed by atoms with Gasteiger partial charge in [-0.25, -0.2) is 9.97 Å². The number of aromatic nitrogens is 4. The van der Waals surface area contributed by atoms with E-state index in [2.05, 4.69) is 60.6 Å². The van der Waals surface area contributed by atoms with Gasteiger partial charge in [-0.05, 0) is 98.0 Å². The van der Waals surface area contributed by atoms with Gasteiger partial charge in [0, 0.05) is 98.1 Å². The molecule has 19 nitrogen and oxygen atoms in total. The number of hydrogen-bond donors (Lipinski definition) is 3. The van der Waals surface area contributed by atoms with Gasteiger partial charge in [0.15, 0.2) is 0 Å². The van der Waals surface area contributed by atoms with Gasteiger partial charge in [-0.15, -0.1) is 0 Å². The van der Waals surface area contributed by atoms with Crippen molar-refractivity contribution in [1.29, 1.82) is 0 Å². The number of amides is 5. The van der Waals surface area contributed by atoms with Crippen LogP contribution >= 0.6 is 0 Å². The van der Waals surface area contributed by atoms with Crippen LogP contribution in [0.1, 0.15) is 98.6 Å². The van der Waals surface area contributed by atoms with Crippen LogP contribution in [0.15, 0.2) is 65.8 Å². The number of aliphatic hydroxyl groups is 1. The van der Waals surface area contributed by atoms with Gasteiger partial charge in [0.2, 0.25) is 11.8 Å². The molecule has 5 amide bonds. The monoisotopic (exact) mass is 978 g/mol. The molecule has 1 aromatic carbocycles. The Morgan fingerprint density at radius 2 is 1.72 bits per heavy atom. The summed E-state index contributed by atoms with van der Waals surface area (Å²) >= 11 is 0. The van der Waals surface area contributed by atoms with E-state index in [1.54, 1.807) is 35.4 Å². The first-order valence-electron chi connectivity index (χ1n) is 26.3. The van der Waals surface area contributed by atoms with Gasteiger partial charge in [0.05, 0.1) is 41.3 Å². The number of nitrogens with zero attached hydrogens (tertiary/aromatic N) is 9. The number of ether oxygens (including phenoxy) is 1. The molecular formula is C53H57N11O8. The zero-order chi connectivity index (χ0) is 52.4. The van der Waals surface area contributed by atoms with Gasteiger partial charge in [0.25, 0.3) is 23.3 Å². The lowest BCUT2D eigenvalue weighted by molar-refractivity contribution is -0.136. The number of pyridine rings is 3. The molecule has 72 heavy (non-hydrogen) atoms. The predicted octanol–water partition coefficient (Wildman–Crippen LogP) is 4.01. The maximum atomic E-state index is 14.1. The van der Waals surface area contributed by atoms with E-state index in [0.717, 1.165) is 68.1 Å². The highest BCUT2D eigenvalue weighted by Crippen LogP contribution is 2.44. The van der Waals surface area contributed by atoms with Gasteiger partial charge >= 0.3 is 0 Å². The highest BCUT2D eigenvalue weighted by molar-refractivity contribution is 6.24. The molecule has 4 aromatic heterocycles. The minimum absolute atomic E-state index is 0.0424. The van der Waals surface area contributed by atoms with Crippen LogP contribution < -0.4 is 35.6 Å². The standard InChI is InChI=1S/C53H57N11O8/c1-29-25-59(32-10-12-61-34(19-32)28-72-44-21-37-36(20-41(44)61)49(68)64(50(37)69)40-6-8-46(66)57-48(40)67)13-14-60(29)33-5-7-45(55-24-33)56-39-17-31(26-58(4)51(39)70)35-9-11-54-47(38(35)27-65)63-16-15-62-42(52(63)71)18-30-22-53(2,3)23-43(30)62/h5,7,9,11,17-18,20-21,24,26,29,32,34,40,65H,6,8,10,12-16,19,22-23,25,27-28H2,1-4H3,(H,55,56)(H,57,66,67)/t29-,32+,34+,40?/m0/s1/i4D3. The van der Waals surface area contributed by atoms with E-state index in [-0.39, 0.29) is 64.9 Å². The maximum absolute atomic E-state index is 14.1. The molecule has 0 bridgehead atoms. The number of carbonyl (C=O) groups is 5. The van der Waals surface area contributed by atoms with Gasteiger partial charge in [-0.1, -0.05) is 13.8 Å². The predicted molar refractivity (Wildman–Crippen MR) is 267 cm³/mol. The Hall–Kier alpha value is -7.38. The first-order valence-corrected chi connectivity index (χ1v) is 24.8. The first-order chi connectivity index (χ1) is 35.8. The van der Waals surface area contributed by atoms with E-state index in [1.807, 2.05) is 12.1 Å². The molecule has 7 aliphatic rings. The van der Waals surface area contributed by atoms with Crippen molar-refractivity contribution in [3.05, 3.63) is 105 Å². The molecule has 1 aliphatic carbocycles. The first kappa shape index (κ1) is 42.3. The minimum atomic E-state index is -2.85. The fraction of sp³-hybridized carbons (Fsp3) is 0.434. The van der Waals surface area contributed by atoms with Crippen molar-refractivity contribution in [2.45, 2.75) is 96.6 Å². The number of rotatable bonds is 8. The number of hydrogen-bond acceptors (Lipinski definition) is 14. The van der Waals surface area contributed by atoms with Crippen molar-refractivity contribution in [2.75, 3.05) is 59.3 Å². The molecular weight excluding hydrogens is 919 g/mol. The summed E-state index contributed by atoms with van der Waals surface area (Å²) in [5, 5.41) is 16.2. The second-order valence-corrected chi connectivity index (χ2v) is 21.0. The van der Waals surface area contributed by atoms with Gasteiger partial charge in [-0.3, -0.25) is 48.8 Å². The van der Waals surface area contributed by atoms with Crippen molar-refractivity contribution in [1.82, 2.24) is 34.2 Å². The SMILES string of the molecule is [2H]C([2H])([2H])n1cc(-c2ccnc(N3CCn4c(cc5c4CC(C)(C)C5)C3=O)c2CO)cc(Nc2ccc(N3CCN([C@@H]4CCN5c6cc7c(cc6OC[C@H]5C4)C(=O)N(C4CCC(=O)NC4=O)C7=O)C[C@@H]3C)cn2)c1=O. The van der Waals surface area contributed by atoms with Crippen molar-refractivity contribution in [3.8, 4) is 16.9 Å². The summed E-state index contributed by atoms with van der Waals surface area (Å²) in [4.78, 5) is 98.3. The second-order valence-electron chi connectivity index (χ2n) is 21.0. The van der Waals surface area contributed by atoms with Crippen molar-refractivity contribution >= 4 is 58.2 Å². The fourth-order valence-electron chi connectivity index (χ4n) is 12.4. The summed E-state index contributed by atoms with van der Waals surface area (Å²) in [5.41, 5.74) is 5.35. The topological polar surface area (TPSA) is 208 Å². The molecule has 3 N–H and O–H groups in total. The lowest BCUT2D eigenvalue weighted by atomic mass is 9.90. The van der Waals surface area contributed by atoms with Gasteiger partial charge in [0.1, 0.15) is 41.4 Å². The van der Waals surface area contributed by atoms with E-state index >= 15 is 0 Å². The summed E-state index contributed by atoms with van der Waals surface area (Å²) in [5.74, 6) is -1.30. The zero-order valence-electron chi connectivity index (χ0n) is 43.3. The van der Waals surface area contributed by atoms with E-state index in [4.69, 9.17) is 8.85 Å². The van der Waals surface area contributed by atoms with Crippen LogP contribution in [-0.2, 0) is 42.6 Å². The summed E-state index contributed by atoms with van der Waals surface area (Å²) in [6.07, 6.45) is 8.10. The van der Waals surface area contributed by atoms with Crippen molar-refractivity contribution in [3.63, 3.8) is 0 Å². The van der Waals surface area contributed by atoms with Crippen molar-refractivity contribution in [2.24, 2.45) is 12.4 Å². The number of anilines is 5. The second kappa shape index (κ2) is 17.1. The molecule has 19 heteroatoms. The molecule has 3 fully saturated rings. The number of aryl methyl sites for hydroxylation is 1. The Kier molecular flexibility index (Phi) is 10.1.